The summed E-state index contributed by atoms with van der Waals surface area (Å²) in [5.41, 5.74) is 2.23. The van der Waals surface area contributed by atoms with Crippen molar-refractivity contribution >= 4 is 11.8 Å². The lowest BCUT2D eigenvalue weighted by molar-refractivity contribution is 0.197. The summed E-state index contributed by atoms with van der Waals surface area (Å²) < 4.78 is 0. The summed E-state index contributed by atoms with van der Waals surface area (Å²) in [4.78, 5) is 11.3. The predicted molar refractivity (Wildman–Crippen MR) is 64.3 cm³/mol. The molecule has 0 atom stereocenters. The number of phenols is 1. The standard InChI is InChI=1S/C9H13NO.C2H5NO2/c1-7-6-8(11)4-5-9(7)10(2)3;1-3-2(4)5/h4-6,11H,1-3H3;3H,1H3,(H,4,5). The van der Waals surface area contributed by atoms with Crippen molar-refractivity contribution < 1.29 is 15.0 Å². The summed E-state index contributed by atoms with van der Waals surface area (Å²) in [5, 5.41) is 18.7. The number of carbonyl (C=O) groups is 1. The second-order valence-electron chi connectivity index (χ2n) is 3.42. The number of amides is 1. The second-order valence-corrected chi connectivity index (χ2v) is 3.42. The fraction of sp³-hybridized carbons (Fsp3) is 0.364. The van der Waals surface area contributed by atoms with Crippen molar-refractivity contribution in [3.63, 3.8) is 0 Å². The first-order valence-electron chi connectivity index (χ1n) is 4.76. The van der Waals surface area contributed by atoms with E-state index >= 15 is 0 Å². The zero-order valence-corrected chi connectivity index (χ0v) is 9.98. The first kappa shape index (κ1) is 14.1. The zero-order chi connectivity index (χ0) is 12.7. The Morgan fingerprint density at radius 3 is 2.19 bits per heavy atom. The molecule has 0 saturated carbocycles. The van der Waals surface area contributed by atoms with Crippen molar-refractivity contribution in [2.75, 3.05) is 26.0 Å². The maximum Gasteiger partial charge on any atom is 0.404 e. The zero-order valence-electron chi connectivity index (χ0n) is 9.98. The van der Waals surface area contributed by atoms with Crippen LogP contribution < -0.4 is 10.2 Å². The summed E-state index contributed by atoms with van der Waals surface area (Å²) in [7, 11) is 5.32. The number of anilines is 1. The van der Waals surface area contributed by atoms with Crippen LogP contribution in [0.2, 0.25) is 0 Å². The van der Waals surface area contributed by atoms with Crippen LogP contribution >= 0.6 is 0 Å². The van der Waals surface area contributed by atoms with Gasteiger partial charge < -0.3 is 20.4 Å². The van der Waals surface area contributed by atoms with Gasteiger partial charge in [-0.25, -0.2) is 4.79 Å². The Labute approximate surface area is 95.3 Å². The van der Waals surface area contributed by atoms with Gasteiger partial charge in [0.15, 0.2) is 0 Å². The normalized spacial score (nSPS) is 8.75. The van der Waals surface area contributed by atoms with Crippen molar-refractivity contribution in [2.45, 2.75) is 6.92 Å². The molecule has 0 aliphatic rings. The quantitative estimate of drug-likeness (QED) is 0.680. The minimum absolute atomic E-state index is 0.327. The lowest BCUT2D eigenvalue weighted by Crippen LogP contribution is -2.13. The molecule has 1 rings (SSSR count). The Morgan fingerprint density at radius 1 is 1.38 bits per heavy atom. The van der Waals surface area contributed by atoms with E-state index in [9.17, 15) is 4.79 Å². The molecule has 0 unspecified atom stereocenters. The van der Waals surface area contributed by atoms with E-state index in [0.717, 1.165) is 11.3 Å². The average Bonchev–Trinajstić information content (AvgIpc) is 2.17. The van der Waals surface area contributed by atoms with Crippen LogP contribution in [-0.4, -0.2) is 37.4 Å². The third-order valence-electron chi connectivity index (χ3n) is 1.88. The summed E-state index contributed by atoms with van der Waals surface area (Å²) in [6, 6.07) is 5.36. The SMILES string of the molecule is CNC(=O)O.Cc1cc(O)ccc1N(C)C. The molecule has 5 nitrogen and oxygen atoms in total. The largest absolute Gasteiger partial charge is 0.508 e. The van der Waals surface area contributed by atoms with Crippen LogP contribution in [0.5, 0.6) is 5.75 Å². The van der Waals surface area contributed by atoms with Crippen molar-refractivity contribution in [1.29, 1.82) is 0 Å². The number of carboxylic acid groups (broad SMARTS) is 1. The maximum atomic E-state index is 9.26. The van der Waals surface area contributed by atoms with Crippen molar-refractivity contribution in [3.8, 4) is 5.75 Å². The molecule has 0 aliphatic carbocycles. The van der Waals surface area contributed by atoms with Crippen LogP contribution in [0, 0.1) is 6.92 Å². The highest BCUT2D eigenvalue weighted by molar-refractivity contribution is 5.63. The maximum absolute atomic E-state index is 9.26. The van der Waals surface area contributed by atoms with Gasteiger partial charge in [0.1, 0.15) is 5.75 Å². The van der Waals surface area contributed by atoms with Crippen LogP contribution in [0.1, 0.15) is 5.56 Å². The number of hydrogen-bond acceptors (Lipinski definition) is 3. The van der Waals surface area contributed by atoms with Crippen molar-refractivity contribution in [1.82, 2.24) is 5.32 Å². The van der Waals surface area contributed by atoms with E-state index in [2.05, 4.69) is 0 Å². The number of rotatable bonds is 1. The number of aryl methyl sites for hydroxylation is 1. The summed E-state index contributed by atoms with van der Waals surface area (Å²) >= 11 is 0. The minimum atomic E-state index is -0.995. The number of nitrogens with one attached hydrogen (secondary N) is 1. The first-order chi connectivity index (χ1) is 7.38. The van der Waals surface area contributed by atoms with Gasteiger partial charge in [0.25, 0.3) is 0 Å². The molecule has 3 N–H and O–H groups in total. The first-order valence-corrected chi connectivity index (χ1v) is 4.76. The van der Waals surface area contributed by atoms with Crippen LogP contribution in [-0.2, 0) is 0 Å². The molecular formula is C11H18N2O3. The molecule has 0 fully saturated rings. The van der Waals surface area contributed by atoms with Gasteiger partial charge in [-0.05, 0) is 30.7 Å². The highest BCUT2D eigenvalue weighted by Gasteiger charge is 1.99. The molecule has 90 valence electrons. The lowest BCUT2D eigenvalue weighted by atomic mass is 10.2. The molecule has 0 radical (unpaired) electrons. The molecule has 0 aliphatic heterocycles. The second kappa shape index (κ2) is 6.55. The van der Waals surface area contributed by atoms with Gasteiger partial charge in [0.2, 0.25) is 0 Å². The molecule has 1 aromatic rings. The van der Waals surface area contributed by atoms with Crippen LogP contribution in [0.25, 0.3) is 0 Å². The van der Waals surface area contributed by atoms with Gasteiger partial charge in [0.05, 0.1) is 0 Å². The number of benzene rings is 1. The molecule has 0 aromatic heterocycles. The van der Waals surface area contributed by atoms with Gasteiger partial charge in [-0.15, -0.1) is 0 Å². The highest BCUT2D eigenvalue weighted by atomic mass is 16.4. The average molecular weight is 226 g/mol. The van der Waals surface area contributed by atoms with Gasteiger partial charge in [-0.2, -0.15) is 0 Å². The van der Waals surface area contributed by atoms with E-state index in [4.69, 9.17) is 10.2 Å². The number of phenolic OH excluding ortho intramolecular Hbond substituents is 1. The summed E-state index contributed by atoms with van der Waals surface area (Å²) in [5.74, 6) is 0.327. The monoisotopic (exact) mass is 226 g/mol. The molecule has 16 heavy (non-hydrogen) atoms. The van der Waals surface area contributed by atoms with Gasteiger partial charge in [0, 0.05) is 26.8 Å². The third-order valence-corrected chi connectivity index (χ3v) is 1.88. The lowest BCUT2D eigenvalue weighted by Gasteiger charge is -2.14. The highest BCUT2D eigenvalue weighted by Crippen LogP contribution is 2.21. The number of hydrogen-bond donors (Lipinski definition) is 3. The molecule has 0 heterocycles. The Morgan fingerprint density at radius 2 is 1.88 bits per heavy atom. The Bertz CT molecular complexity index is 351. The summed E-state index contributed by atoms with van der Waals surface area (Å²) in [6.07, 6.45) is -0.995. The fourth-order valence-corrected chi connectivity index (χ4v) is 1.14. The molecule has 1 aromatic carbocycles. The Balaban J connectivity index is 0.000000385. The van der Waals surface area contributed by atoms with Gasteiger partial charge >= 0.3 is 6.09 Å². The smallest absolute Gasteiger partial charge is 0.404 e. The van der Waals surface area contributed by atoms with E-state index < -0.39 is 6.09 Å². The Kier molecular flexibility index (Phi) is 5.77. The van der Waals surface area contributed by atoms with Crippen LogP contribution in [0.3, 0.4) is 0 Å². The molecule has 0 saturated heterocycles. The molecule has 0 bridgehead atoms. The third kappa shape index (κ3) is 5.09. The number of nitrogens with zero attached hydrogens (tertiary/aromatic N) is 1. The van der Waals surface area contributed by atoms with E-state index in [-0.39, 0.29) is 0 Å². The molecule has 5 heteroatoms. The van der Waals surface area contributed by atoms with E-state index in [1.54, 1.807) is 12.1 Å². The van der Waals surface area contributed by atoms with Crippen molar-refractivity contribution in [3.05, 3.63) is 23.8 Å². The van der Waals surface area contributed by atoms with E-state index in [1.165, 1.54) is 7.05 Å². The molecular weight excluding hydrogens is 208 g/mol. The van der Waals surface area contributed by atoms with E-state index in [0.29, 0.717) is 5.75 Å². The fourth-order valence-electron chi connectivity index (χ4n) is 1.14. The molecule has 1 amide bonds. The topological polar surface area (TPSA) is 72.8 Å². The minimum Gasteiger partial charge on any atom is -0.508 e. The van der Waals surface area contributed by atoms with Crippen LogP contribution in [0.4, 0.5) is 10.5 Å². The summed E-state index contributed by atoms with van der Waals surface area (Å²) in [6.45, 7) is 1.98. The predicted octanol–water partition coefficient (Wildman–Crippen LogP) is 1.65. The van der Waals surface area contributed by atoms with Gasteiger partial charge in [-0.3, -0.25) is 0 Å². The van der Waals surface area contributed by atoms with Gasteiger partial charge in [-0.1, -0.05) is 0 Å². The van der Waals surface area contributed by atoms with Crippen molar-refractivity contribution in [2.24, 2.45) is 0 Å². The Hall–Kier alpha value is -1.91. The van der Waals surface area contributed by atoms with Crippen LogP contribution in [0.15, 0.2) is 18.2 Å². The molecule has 0 spiro atoms. The van der Waals surface area contributed by atoms with E-state index in [1.807, 2.05) is 37.3 Å². The number of aromatic hydroxyl groups is 1.